The number of carbonyl (C=O) groups is 1. The highest BCUT2D eigenvalue weighted by Crippen LogP contribution is 2.31. The average Bonchev–Trinajstić information content (AvgIpc) is 2.34. The lowest BCUT2D eigenvalue weighted by Crippen LogP contribution is -2.28. The lowest BCUT2D eigenvalue weighted by Gasteiger charge is -2.26. The molecule has 17 heavy (non-hydrogen) atoms. The zero-order valence-electron chi connectivity index (χ0n) is 9.82. The van der Waals surface area contributed by atoms with Crippen LogP contribution in [0.25, 0.3) is 0 Å². The highest BCUT2D eigenvalue weighted by atomic mass is 32.2. The third kappa shape index (κ3) is 3.48. The van der Waals surface area contributed by atoms with E-state index in [1.165, 1.54) is 11.1 Å². The predicted octanol–water partition coefficient (Wildman–Crippen LogP) is 1.83. The van der Waals surface area contributed by atoms with Crippen LogP contribution in [0.15, 0.2) is 24.3 Å². The van der Waals surface area contributed by atoms with Crippen molar-refractivity contribution in [2.75, 3.05) is 12.3 Å². The molecule has 1 aliphatic rings. The van der Waals surface area contributed by atoms with Crippen LogP contribution in [0.1, 0.15) is 30.0 Å². The summed E-state index contributed by atoms with van der Waals surface area (Å²) in [6.45, 7) is 0.850. The van der Waals surface area contributed by atoms with Gasteiger partial charge in [-0.15, -0.1) is 0 Å². The maximum Gasteiger partial charge on any atom is 0.217 e. The number of nitrogens with one attached hydrogen (secondary N) is 1. The largest absolute Gasteiger partial charge is 0.370 e. The molecule has 0 fully saturated rings. The van der Waals surface area contributed by atoms with Crippen LogP contribution in [-0.2, 0) is 10.5 Å². The molecule has 1 amide bonds. The van der Waals surface area contributed by atoms with Crippen LogP contribution in [-0.4, -0.2) is 18.2 Å². The fourth-order valence-electron chi connectivity index (χ4n) is 2.09. The Bertz CT molecular complexity index is 395. The summed E-state index contributed by atoms with van der Waals surface area (Å²) >= 11 is 1.96. The van der Waals surface area contributed by atoms with Crippen molar-refractivity contribution in [3.63, 3.8) is 0 Å². The van der Waals surface area contributed by atoms with E-state index >= 15 is 0 Å². The van der Waals surface area contributed by atoms with Crippen molar-refractivity contribution >= 4 is 17.7 Å². The Morgan fingerprint density at radius 2 is 2.29 bits per heavy atom. The molecular formula is C13H18N2OS. The predicted molar refractivity (Wildman–Crippen MR) is 71.8 cm³/mol. The standard InChI is InChI=1S/C13H18N2OS/c14-13(16)6-3-7-15-12-9-17-8-10-4-1-2-5-11(10)12/h1-2,4-5,12,15H,3,6-9H2,(H2,14,16). The monoisotopic (exact) mass is 250 g/mol. The van der Waals surface area contributed by atoms with Crippen LogP contribution in [0.5, 0.6) is 0 Å². The molecule has 3 nitrogen and oxygen atoms in total. The molecule has 1 aromatic rings. The Balaban J connectivity index is 1.88. The summed E-state index contributed by atoms with van der Waals surface area (Å²) in [6.07, 6.45) is 1.28. The zero-order valence-corrected chi connectivity index (χ0v) is 10.6. The zero-order chi connectivity index (χ0) is 12.1. The fourth-order valence-corrected chi connectivity index (χ4v) is 3.22. The van der Waals surface area contributed by atoms with E-state index in [-0.39, 0.29) is 5.91 Å². The van der Waals surface area contributed by atoms with E-state index in [0.717, 1.165) is 24.5 Å². The van der Waals surface area contributed by atoms with Gasteiger partial charge in [0, 0.05) is 24.0 Å². The van der Waals surface area contributed by atoms with E-state index in [1.54, 1.807) is 0 Å². The summed E-state index contributed by atoms with van der Waals surface area (Å²) < 4.78 is 0. The van der Waals surface area contributed by atoms with E-state index in [9.17, 15) is 4.79 Å². The number of fused-ring (bicyclic) bond motifs is 1. The van der Waals surface area contributed by atoms with Gasteiger partial charge in [0.25, 0.3) is 0 Å². The number of thioether (sulfide) groups is 1. The fraction of sp³-hybridized carbons (Fsp3) is 0.462. The Kier molecular flexibility index (Phi) is 4.45. The lowest BCUT2D eigenvalue weighted by atomic mass is 10.0. The number of benzene rings is 1. The SMILES string of the molecule is NC(=O)CCCNC1CSCc2ccccc21. The van der Waals surface area contributed by atoms with Crippen LogP contribution < -0.4 is 11.1 Å². The number of rotatable bonds is 5. The van der Waals surface area contributed by atoms with Crippen molar-refractivity contribution in [2.24, 2.45) is 5.73 Å². The Labute approximate surface area is 106 Å². The van der Waals surface area contributed by atoms with Gasteiger partial charge in [-0.2, -0.15) is 11.8 Å². The smallest absolute Gasteiger partial charge is 0.217 e. The maximum absolute atomic E-state index is 10.6. The van der Waals surface area contributed by atoms with Gasteiger partial charge in [-0.25, -0.2) is 0 Å². The van der Waals surface area contributed by atoms with Gasteiger partial charge in [-0.1, -0.05) is 24.3 Å². The highest BCUT2D eigenvalue weighted by Gasteiger charge is 2.18. The number of primary amides is 1. The highest BCUT2D eigenvalue weighted by molar-refractivity contribution is 7.98. The second-order valence-electron chi connectivity index (χ2n) is 4.29. The summed E-state index contributed by atoms with van der Waals surface area (Å²) in [5, 5.41) is 3.50. The van der Waals surface area contributed by atoms with Gasteiger partial charge < -0.3 is 11.1 Å². The molecule has 0 aliphatic carbocycles. The van der Waals surface area contributed by atoms with Crippen LogP contribution in [0.3, 0.4) is 0 Å². The normalized spacial score (nSPS) is 18.7. The van der Waals surface area contributed by atoms with E-state index in [1.807, 2.05) is 11.8 Å². The molecule has 1 aliphatic heterocycles. The molecule has 0 aromatic heterocycles. The van der Waals surface area contributed by atoms with Crippen molar-refractivity contribution in [1.29, 1.82) is 0 Å². The first-order chi connectivity index (χ1) is 8.27. The molecular weight excluding hydrogens is 232 g/mol. The third-order valence-corrected chi connectivity index (χ3v) is 4.05. The first-order valence-electron chi connectivity index (χ1n) is 5.94. The molecule has 4 heteroatoms. The van der Waals surface area contributed by atoms with Gasteiger partial charge in [0.1, 0.15) is 0 Å². The van der Waals surface area contributed by atoms with Crippen molar-refractivity contribution in [3.8, 4) is 0 Å². The molecule has 0 bridgehead atoms. The number of hydrogen-bond donors (Lipinski definition) is 2. The summed E-state index contributed by atoms with van der Waals surface area (Å²) in [5.74, 6) is 1.99. The van der Waals surface area contributed by atoms with Crippen LogP contribution in [0.4, 0.5) is 0 Å². The molecule has 0 saturated heterocycles. The Morgan fingerprint density at radius 3 is 3.12 bits per heavy atom. The van der Waals surface area contributed by atoms with Crippen molar-refractivity contribution in [1.82, 2.24) is 5.32 Å². The summed E-state index contributed by atoms with van der Waals surface area (Å²) in [7, 11) is 0. The molecule has 0 spiro atoms. The van der Waals surface area contributed by atoms with Crippen molar-refractivity contribution in [2.45, 2.75) is 24.6 Å². The van der Waals surface area contributed by atoms with Gasteiger partial charge >= 0.3 is 0 Å². The molecule has 92 valence electrons. The van der Waals surface area contributed by atoms with Gasteiger partial charge in [-0.3, -0.25) is 4.79 Å². The van der Waals surface area contributed by atoms with E-state index in [4.69, 9.17) is 5.73 Å². The second kappa shape index (κ2) is 6.07. The first kappa shape index (κ1) is 12.5. The molecule has 1 atom stereocenters. The molecule has 0 saturated carbocycles. The van der Waals surface area contributed by atoms with Crippen molar-refractivity contribution < 1.29 is 4.79 Å². The molecule has 1 unspecified atom stereocenters. The maximum atomic E-state index is 10.6. The minimum Gasteiger partial charge on any atom is -0.370 e. The van der Waals surface area contributed by atoms with Gasteiger partial charge in [-0.05, 0) is 24.1 Å². The topological polar surface area (TPSA) is 55.1 Å². The Hall–Kier alpha value is -1.00. The molecule has 2 rings (SSSR count). The average molecular weight is 250 g/mol. The minimum absolute atomic E-state index is 0.217. The number of carbonyl (C=O) groups excluding carboxylic acids is 1. The minimum atomic E-state index is -0.217. The summed E-state index contributed by atoms with van der Waals surface area (Å²) in [4.78, 5) is 10.6. The van der Waals surface area contributed by atoms with Gasteiger partial charge in [0.2, 0.25) is 5.91 Å². The summed E-state index contributed by atoms with van der Waals surface area (Å²) in [6, 6.07) is 8.99. The quantitative estimate of drug-likeness (QED) is 0.784. The van der Waals surface area contributed by atoms with E-state index in [0.29, 0.717) is 12.5 Å². The molecule has 0 radical (unpaired) electrons. The summed E-state index contributed by atoms with van der Waals surface area (Å²) in [5.41, 5.74) is 7.95. The third-order valence-electron chi connectivity index (χ3n) is 2.96. The molecule has 1 heterocycles. The lowest BCUT2D eigenvalue weighted by molar-refractivity contribution is -0.118. The molecule has 1 aromatic carbocycles. The van der Waals surface area contributed by atoms with E-state index < -0.39 is 0 Å². The van der Waals surface area contributed by atoms with Crippen molar-refractivity contribution in [3.05, 3.63) is 35.4 Å². The Morgan fingerprint density at radius 1 is 1.47 bits per heavy atom. The van der Waals surface area contributed by atoms with Crippen LogP contribution in [0.2, 0.25) is 0 Å². The van der Waals surface area contributed by atoms with Gasteiger partial charge in [0.15, 0.2) is 0 Å². The molecule has 3 N–H and O–H groups in total. The number of hydrogen-bond acceptors (Lipinski definition) is 3. The second-order valence-corrected chi connectivity index (χ2v) is 5.32. The van der Waals surface area contributed by atoms with Crippen LogP contribution >= 0.6 is 11.8 Å². The van der Waals surface area contributed by atoms with Crippen LogP contribution in [0, 0.1) is 0 Å². The number of amides is 1. The first-order valence-corrected chi connectivity index (χ1v) is 7.10. The van der Waals surface area contributed by atoms with E-state index in [2.05, 4.69) is 29.6 Å². The van der Waals surface area contributed by atoms with Gasteiger partial charge in [0.05, 0.1) is 0 Å². The number of nitrogens with two attached hydrogens (primary N) is 1.